The first-order valence-corrected chi connectivity index (χ1v) is 4.81. The third-order valence-electron chi connectivity index (χ3n) is 1.87. The number of anilines is 1. The Morgan fingerprint density at radius 3 is 2.50 bits per heavy atom. The topological polar surface area (TPSA) is 101 Å². The molecule has 0 aliphatic carbocycles. The molecule has 16 heavy (non-hydrogen) atoms. The molecule has 0 amide bonds. The van der Waals surface area contributed by atoms with Gasteiger partial charge in [-0.3, -0.25) is 5.43 Å². The lowest BCUT2D eigenvalue weighted by Gasteiger charge is -2.02. The number of amidine groups is 2. The number of nitrogens with two attached hydrogens (primary N) is 2. The summed E-state index contributed by atoms with van der Waals surface area (Å²) < 4.78 is 0. The Balaban J connectivity index is 2.15. The highest BCUT2D eigenvalue weighted by Gasteiger charge is 2.16. The average Bonchev–Trinajstić information content (AvgIpc) is 2.56. The Labute approximate surface area is 96.7 Å². The van der Waals surface area contributed by atoms with Gasteiger partial charge in [0.25, 0.3) is 0 Å². The van der Waals surface area contributed by atoms with E-state index in [4.69, 9.17) is 23.1 Å². The maximum atomic E-state index is 5.81. The van der Waals surface area contributed by atoms with E-state index in [0.29, 0.717) is 10.7 Å². The molecule has 1 heterocycles. The van der Waals surface area contributed by atoms with Crippen LogP contribution in [0.1, 0.15) is 0 Å². The highest BCUT2D eigenvalue weighted by atomic mass is 35.5. The number of nitrogens with one attached hydrogen (secondary N) is 1. The summed E-state index contributed by atoms with van der Waals surface area (Å²) in [7, 11) is 0. The zero-order valence-electron chi connectivity index (χ0n) is 8.18. The van der Waals surface area contributed by atoms with Gasteiger partial charge < -0.3 is 11.5 Å². The zero-order valence-corrected chi connectivity index (χ0v) is 8.94. The summed E-state index contributed by atoms with van der Waals surface area (Å²) in [5, 5.41) is 11.8. The molecule has 0 saturated carbocycles. The van der Waals surface area contributed by atoms with Crippen LogP contribution in [0.4, 0.5) is 5.69 Å². The van der Waals surface area contributed by atoms with E-state index in [1.807, 2.05) is 6.07 Å². The SMILES string of the molecule is NC1=NN=C(N)C1=NNc1cccc(Cl)c1. The predicted octanol–water partition coefficient (Wildman–Crippen LogP) is 0.751. The van der Waals surface area contributed by atoms with Gasteiger partial charge in [-0.25, -0.2) is 0 Å². The van der Waals surface area contributed by atoms with Gasteiger partial charge in [0.05, 0.1) is 5.69 Å². The molecule has 0 radical (unpaired) electrons. The molecule has 82 valence electrons. The molecule has 1 aliphatic heterocycles. The second-order valence-corrected chi connectivity index (χ2v) is 3.49. The molecule has 6 nitrogen and oxygen atoms in total. The predicted molar refractivity (Wildman–Crippen MR) is 65.8 cm³/mol. The van der Waals surface area contributed by atoms with Crippen molar-refractivity contribution >= 4 is 34.7 Å². The van der Waals surface area contributed by atoms with Crippen LogP contribution >= 0.6 is 11.6 Å². The number of hydrogen-bond acceptors (Lipinski definition) is 6. The van der Waals surface area contributed by atoms with Crippen molar-refractivity contribution in [3.8, 4) is 0 Å². The molecular weight excluding hydrogens is 228 g/mol. The minimum Gasteiger partial charge on any atom is -0.380 e. The third-order valence-corrected chi connectivity index (χ3v) is 2.11. The number of halogens is 1. The summed E-state index contributed by atoms with van der Waals surface area (Å²) in [5.74, 6) is 0.374. The molecule has 0 unspecified atom stereocenters. The fraction of sp³-hybridized carbons (Fsp3) is 0. The van der Waals surface area contributed by atoms with Gasteiger partial charge in [-0.2, -0.15) is 5.10 Å². The first kappa shape index (κ1) is 10.4. The Morgan fingerprint density at radius 1 is 1.19 bits per heavy atom. The lowest BCUT2D eigenvalue weighted by molar-refractivity contribution is 1.25. The fourth-order valence-electron chi connectivity index (χ4n) is 1.13. The van der Waals surface area contributed by atoms with Crippen LogP contribution in [0, 0.1) is 0 Å². The molecule has 0 aromatic heterocycles. The summed E-state index contributed by atoms with van der Waals surface area (Å²) in [6, 6.07) is 7.10. The molecule has 0 spiro atoms. The van der Waals surface area contributed by atoms with E-state index < -0.39 is 0 Å². The summed E-state index contributed by atoms with van der Waals surface area (Å²) in [6.45, 7) is 0. The van der Waals surface area contributed by atoms with Gasteiger partial charge in [0, 0.05) is 5.02 Å². The van der Waals surface area contributed by atoms with E-state index in [-0.39, 0.29) is 11.7 Å². The van der Waals surface area contributed by atoms with Crippen LogP contribution in [0.25, 0.3) is 0 Å². The lowest BCUT2D eigenvalue weighted by Crippen LogP contribution is -2.32. The molecule has 1 aromatic rings. The van der Waals surface area contributed by atoms with Crippen LogP contribution in [0.5, 0.6) is 0 Å². The van der Waals surface area contributed by atoms with Crippen LogP contribution in [-0.4, -0.2) is 17.4 Å². The van der Waals surface area contributed by atoms with Gasteiger partial charge in [-0.05, 0) is 18.2 Å². The van der Waals surface area contributed by atoms with Crippen molar-refractivity contribution in [1.29, 1.82) is 0 Å². The smallest absolute Gasteiger partial charge is 0.177 e. The maximum Gasteiger partial charge on any atom is 0.177 e. The largest absolute Gasteiger partial charge is 0.380 e. The second-order valence-electron chi connectivity index (χ2n) is 3.05. The Hall–Kier alpha value is -2.08. The van der Waals surface area contributed by atoms with Crippen LogP contribution in [0.2, 0.25) is 5.02 Å². The third kappa shape index (κ3) is 2.12. The van der Waals surface area contributed by atoms with Crippen LogP contribution in [0.3, 0.4) is 0 Å². The van der Waals surface area contributed by atoms with E-state index >= 15 is 0 Å². The van der Waals surface area contributed by atoms with E-state index in [1.165, 1.54) is 0 Å². The maximum absolute atomic E-state index is 5.81. The van der Waals surface area contributed by atoms with Gasteiger partial charge >= 0.3 is 0 Å². The van der Waals surface area contributed by atoms with Gasteiger partial charge in [-0.15, -0.1) is 10.2 Å². The number of benzene rings is 1. The van der Waals surface area contributed by atoms with Crippen molar-refractivity contribution in [2.24, 2.45) is 26.8 Å². The molecule has 1 aliphatic rings. The molecule has 7 heteroatoms. The van der Waals surface area contributed by atoms with Crippen molar-refractivity contribution in [1.82, 2.24) is 0 Å². The summed E-state index contributed by atoms with van der Waals surface area (Å²) in [4.78, 5) is 0. The van der Waals surface area contributed by atoms with Crippen LogP contribution in [-0.2, 0) is 0 Å². The Kier molecular flexibility index (Phi) is 2.74. The summed E-state index contributed by atoms with van der Waals surface area (Å²) >= 11 is 5.81. The van der Waals surface area contributed by atoms with Gasteiger partial charge in [0.2, 0.25) is 0 Å². The fourth-order valence-corrected chi connectivity index (χ4v) is 1.32. The number of rotatable bonds is 2. The molecule has 2 rings (SSSR count). The minimum absolute atomic E-state index is 0.187. The highest BCUT2D eigenvalue weighted by Crippen LogP contribution is 2.14. The normalized spacial score (nSPS) is 14.4. The van der Waals surface area contributed by atoms with Crippen LogP contribution < -0.4 is 16.9 Å². The molecule has 5 N–H and O–H groups in total. The van der Waals surface area contributed by atoms with Gasteiger partial charge in [0.1, 0.15) is 0 Å². The molecule has 0 saturated heterocycles. The molecule has 0 fully saturated rings. The monoisotopic (exact) mass is 236 g/mol. The quantitative estimate of drug-likeness (QED) is 0.661. The molecule has 0 bridgehead atoms. The van der Waals surface area contributed by atoms with Crippen molar-refractivity contribution < 1.29 is 0 Å². The van der Waals surface area contributed by atoms with E-state index in [0.717, 1.165) is 5.69 Å². The zero-order chi connectivity index (χ0) is 11.5. The van der Waals surface area contributed by atoms with Crippen LogP contribution in [0.15, 0.2) is 39.6 Å². The van der Waals surface area contributed by atoms with Crippen molar-refractivity contribution in [2.75, 3.05) is 5.43 Å². The summed E-state index contributed by atoms with van der Waals surface area (Å²) in [6.07, 6.45) is 0. The average molecular weight is 237 g/mol. The van der Waals surface area contributed by atoms with Gasteiger partial charge in [0.15, 0.2) is 17.4 Å². The first-order valence-electron chi connectivity index (χ1n) is 4.43. The van der Waals surface area contributed by atoms with Gasteiger partial charge in [-0.1, -0.05) is 17.7 Å². The molecular formula is C9H9ClN6. The Bertz CT molecular complexity index is 484. The molecule has 1 aromatic carbocycles. The lowest BCUT2D eigenvalue weighted by atomic mass is 10.3. The first-order chi connectivity index (χ1) is 7.66. The van der Waals surface area contributed by atoms with E-state index in [9.17, 15) is 0 Å². The Morgan fingerprint density at radius 2 is 1.88 bits per heavy atom. The summed E-state index contributed by atoms with van der Waals surface area (Å²) in [5.41, 5.74) is 14.9. The minimum atomic E-state index is 0.187. The highest BCUT2D eigenvalue weighted by molar-refractivity contribution is 6.68. The van der Waals surface area contributed by atoms with Crippen molar-refractivity contribution in [2.45, 2.75) is 0 Å². The van der Waals surface area contributed by atoms with E-state index in [1.54, 1.807) is 18.2 Å². The standard InChI is InChI=1S/C9H9ClN6/c10-5-2-1-3-6(4-5)13-14-7-8(11)15-16-9(7)12/h1-4,13H,(H4,11,12,14,15,16). The molecule has 0 atom stereocenters. The number of nitrogens with zero attached hydrogens (tertiary/aromatic N) is 3. The number of hydrogen-bond donors (Lipinski definition) is 3. The van der Waals surface area contributed by atoms with Crippen molar-refractivity contribution in [3.63, 3.8) is 0 Å². The van der Waals surface area contributed by atoms with E-state index in [2.05, 4.69) is 20.7 Å². The second kappa shape index (κ2) is 4.19. The van der Waals surface area contributed by atoms with Crippen molar-refractivity contribution in [3.05, 3.63) is 29.3 Å². The number of hydrazone groups is 1.